The van der Waals surface area contributed by atoms with Gasteiger partial charge in [-0.15, -0.1) is 0 Å². The maximum Gasteiger partial charge on any atom is 0.272 e. The maximum absolute atomic E-state index is 11.8. The van der Waals surface area contributed by atoms with Crippen LogP contribution in [0.4, 0.5) is 5.69 Å². The molecule has 0 saturated carbocycles. The third-order valence-electron chi connectivity index (χ3n) is 3.84. The number of hydrogen-bond donors (Lipinski definition) is 2. The van der Waals surface area contributed by atoms with Crippen LogP contribution in [0, 0.1) is 13.8 Å². The van der Waals surface area contributed by atoms with Gasteiger partial charge in [-0.2, -0.15) is 5.10 Å². The number of H-pyrrole nitrogens is 1. The molecule has 0 spiro atoms. The molecule has 0 saturated heterocycles. The number of nitrogens with one attached hydrogen (secondary N) is 1. The second kappa shape index (κ2) is 5.05. The Morgan fingerprint density at radius 3 is 2.38 bits per heavy atom. The van der Waals surface area contributed by atoms with E-state index in [1.165, 1.54) is 5.56 Å². The summed E-state index contributed by atoms with van der Waals surface area (Å²) in [6.07, 6.45) is 0.676. The fourth-order valence-corrected chi connectivity index (χ4v) is 2.78. The standard InChI is InChI=1S/C17H17N3O/c1-10-7-12(18)8-11(2)15(10)9-16-13-5-3-4-6-14(13)17(21)20-19-16/h3-8H,9,18H2,1-2H3,(H,20,21). The number of anilines is 1. The molecule has 0 aliphatic heterocycles. The molecule has 2 aromatic carbocycles. The molecule has 4 heteroatoms. The first-order chi connectivity index (χ1) is 10.1. The lowest BCUT2D eigenvalue weighted by Gasteiger charge is -2.12. The quantitative estimate of drug-likeness (QED) is 0.708. The van der Waals surface area contributed by atoms with Crippen molar-refractivity contribution in [3.63, 3.8) is 0 Å². The van der Waals surface area contributed by atoms with Gasteiger partial charge >= 0.3 is 0 Å². The zero-order valence-electron chi connectivity index (χ0n) is 12.1. The average Bonchev–Trinajstić information content (AvgIpc) is 2.45. The van der Waals surface area contributed by atoms with E-state index in [9.17, 15) is 4.79 Å². The van der Waals surface area contributed by atoms with Gasteiger partial charge in [0.25, 0.3) is 5.56 Å². The van der Waals surface area contributed by atoms with Crippen LogP contribution in [0.3, 0.4) is 0 Å². The Morgan fingerprint density at radius 2 is 1.71 bits per heavy atom. The minimum absolute atomic E-state index is 0.153. The SMILES string of the molecule is Cc1cc(N)cc(C)c1Cc1n[nH]c(=O)c2ccccc12. The molecule has 0 radical (unpaired) electrons. The third-order valence-corrected chi connectivity index (χ3v) is 3.84. The number of fused-ring (bicyclic) bond motifs is 1. The van der Waals surface area contributed by atoms with Gasteiger partial charge in [0.05, 0.1) is 11.1 Å². The summed E-state index contributed by atoms with van der Waals surface area (Å²) in [5.74, 6) is 0. The average molecular weight is 279 g/mol. The van der Waals surface area contributed by atoms with Crippen LogP contribution in [-0.2, 0) is 6.42 Å². The molecule has 106 valence electrons. The zero-order chi connectivity index (χ0) is 15.0. The number of nitrogens with two attached hydrogens (primary N) is 1. The summed E-state index contributed by atoms with van der Waals surface area (Å²) in [6, 6.07) is 11.5. The molecule has 0 fully saturated rings. The van der Waals surface area contributed by atoms with E-state index < -0.39 is 0 Å². The molecular formula is C17H17N3O. The summed E-state index contributed by atoms with van der Waals surface area (Å²) in [5.41, 5.74) is 10.9. The van der Waals surface area contributed by atoms with E-state index in [-0.39, 0.29) is 5.56 Å². The molecule has 21 heavy (non-hydrogen) atoms. The smallest absolute Gasteiger partial charge is 0.272 e. The molecule has 0 bridgehead atoms. The number of aromatic amines is 1. The molecule has 3 rings (SSSR count). The highest BCUT2D eigenvalue weighted by atomic mass is 16.1. The van der Waals surface area contributed by atoms with Gasteiger partial charge in [0.1, 0.15) is 0 Å². The van der Waals surface area contributed by atoms with Gasteiger partial charge in [-0.05, 0) is 48.7 Å². The molecule has 0 aliphatic rings. The van der Waals surface area contributed by atoms with E-state index in [1.54, 1.807) is 0 Å². The Bertz CT molecular complexity index is 858. The minimum Gasteiger partial charge on any atom is -0.399 e. The van der Waals surface area contributed by atoms with Crippen LogP contribution in [0.1, 0.15) is 22.4 Å². The highest BCUT2D eigenvalue weighted by molar-refractivity contribution is 5.83. The van der Waals surface area contributed by atoms with Crippen LogP contribution in [0.5, 0.6) is 0 Å². The highest BCUT2D eigenvalue weighted by Crippen LogP contribution is 2.23. The molecule has 0 aliphatic carbocycles. The predicted molar refractivity (Wildman–Crippen MR) is 85.5 cm³/mol. The number of nitrogen functional groups attached to an aromatic ring is 1. The van der Waals surface area contributed by atoms with Crippen molar-refractivity contribution in [1.29, 1.82) is 0 Å². The molecule has 3 N–H and O–H groups in total. The van der Waals surface area contributed by atoms with Gasteiger partial charge in [-0.1, -0.05) is 18.2 Å². The van der Waals surface area contributed by atoms with E-state index in [0.29, 0.717) is 11.8 Å². The van der Waals surface area contributed by atoms with Crippen molar-refractivity contribution in [3.05, 3.63) is 69.1 Å². The van der Waals surface area contributed by atoms with Crippen molar-refractivity contribution in [2.75, 3.05) is 5.73 Å². The highest BCUT2D eigenvalue weighted by Gasteiger charge is 2.10. The largest absolute Gasteiger partial charge is 0.399 e. The van der Waals surface area contributed by atoms with E-state index in [0.717, 1.165) is 27.9 Å². The van der Waals surface area contributed by atoms with Crippen molar-refractivity contribution >= 4 is 16.5 Å². The third kappa shape index (κ3) is 2.40. The monoisotopic (exact) mass is 279 g/mol. The zero-order valence-corrected chi connectivity index (χ0v) is 12.1. The van der Waals surface area contributed by atoms with Gasteiger partial charge in [-0.25, -0.2) is 5.10 Å². The number of aromatic nitrogens is 2. The van der Waals surface area contributed by atoms with Gasteiger partial charge in [0.15, 0.2) is 0 Å². The van der Waals surface area contributed by atoms with E-state index in [2.05, 4.69) is 10.2 Å². The fourth-order valence-electron chi connectivity index (χ4n) is 2.78. The van der Waals surface area contributed by atoms with Crippen LogP contribution in [-0.4, -0.2) is 10.2 Å². The molecule has 0 amide bonds. The summed E-state index contributed by atoms with van der Waals surface area (Å²) in [5, 5.41) is 8.39. The second-order valence-corrected chi connectivity index (χ2v) is 5.36. The summed E-state index contributed by atoms with van der Waals surface area (Å²) in [4.78, 5) is 11.8. The summed E-state index contributed by atoms with van der Waals surface area (Å²) in [7, 11) is 0. The van der Waals surface area contributed by atoms with E-state index >= 15 is 0 Å². The fraction of sp³-hybridized carbons (Fsp3) is 0.176. The van der Waals surface area contributed by atoms with Crippen LogP contribution in [0.15, 0.2) is 41.2 Å². The minimum atomic E-state index is -0.153. The van der Waals surface area contributed by atoms with Crippen molar-refractivity contribution in [2.45, 2.75) is 20.3 Å². The Morgan fingerprint density at radius 1 is 1.10 bits per heavy atom. The van der Waals surface area contributed by atoms with Crippen LogP contribution < -0.4 is 11.3 Å². The van der Waals surface area contributed by atoms with Gasteiger partial charge in [0, 0.05) is 17.5 Å². The first-order valence-corrected chi connectivity index (χ1v) is 6.88. The Balaban J connectivity index is 2.16. The number of aryl methyl sites for hydroxylation is 2. The van der Waals surface area contributed by atoms with Crippen molar-refractivity contribution in [1.82, 2.24) is 10.2 Å². The van der Waals surface area contributed by atoms with E-state index in [1.807, 2.05) is 50.2 Å². The van der Waals surface area contributed by atoms with Gasteiger partial charge in [-0.3, -0.25) is 4.79 Å². The molecular weight excluding hydrogens is 262 g/mol. The number of nitrogens with zero attached hydrogens (tertiary/aromatic N) is 1. The van der Waals surface area contributed by atoms with Gasteiger partial charge < -0.3 is 5.73 Å². The molecule has 1 aromatic heterocycles. The lowest BCUT2D eigenvalue weighted by Crippen LogP contribution is -2.12. The Hall–Kier alpha value is -2.62. The van der Waals surface area contributed by atoms with Crippen LogP contribution in [0.25, 0.3) is 10.8 Å². The van der Waals surface area contributed by atoms with Crippen LogP contribution in [0.2, 0.25) is 0 Å². The molecule has 0 unspecified atom stereocenters. The molecule has 1 heterocycles. The van der Waals surface area contributed by atoms with Crippen LogP contribution >= 0.6 is 0 Å². The van der Waals surface area contributed by atoms with Crippen molar-refractivity contribution in [2.24, 2.45) is 0 Å². The molecule has 0 atom stereocenters. The Kier molecular flexibility index (Phi) is 3.22. The van der Waals surface area contributed by atoms with Gasteiger partial charge in [0.2, 0.25) is 0 Å². The lowest BCUT2D eigenvalue weighted by molar-refractivity contribution is 0.927. The van der Waals surface area contributed by atoms with Crippen molar-refractivity contribution < 1.29 is 0 Å². The summed E-state index contributed by atoms with van der Waals surface area (Å²) >= 11 is 0. The maximum atomic E-state index is 11.8. The van der Waals surface area contributed by atoms with Crippen molar-refractivity contribution in [3.8, 4) is 0 Å². The summed E-state index contributed by atoms with van der Waals surface area (Å²) < 4.78 is 0. The number of hydrogen-bond acceptors (Lipinski definition) is 3. The normalized spacial score (nSPS) is 11.0. The predicted octanol–water partition coefficient (Wildman–Crippen LogP) is 2.71. The molecule has 3 aromatic rings. The first kappa shape index (κ1) is 13.4. The number of benzene rings is 2. The summed E-state index contributed by atoms with van der Waals surface area (Å²) in [6.45, 7) is 4.10. The number of rotatable bonds is 2. The lowest BCUT2D eigenvalue weighted by atomic mass is 9.96. The Labute approximate surface area is 122 Å². The molecule has 4 nitrogen and oxygen atoms in total. The first-order valence-electron chi connectivity index (χ1n) is 6.88. The topological polar surface area (TPSA) is 71.8 Å². The second-order valence-electron chi connectivity index (χ2n) is 5.36. The van der Waals surface area contributed by atoms with E-state index in [4.69, 9.17) is 5.73 Å².